The van der Waals surface area contributed by atoms with Crippen LogP contribution in [-0.2, 0) is 0 Å². The Kier molecular flexibility index (Phi) is 4.98. The molecule has 1 aromatic heterocycles. The Labute approximate surface area is 157 Å². The highest BCUT2D eigenvalue weighted by Gasteiger charge is 2.08. The number of nitrogens with zero attached hydrogens (tertiary/aromatic N) is 2. The van der Waals surface area contributed by atoms with Crippen LogP contribution < -0.4 is 5.43 Å². The Morgan fingerprint density at radius 1 is 1.00 bits per heavy atom. The maximum atomic E-state index is 6.23. The van der Waals surface area contributed by atoms with Gasteiger partial charge < -0.3 is 0 Å². The molecule has 0 fully saturated rings. The summed E-state index contributed by atoms with van der Waals surface area (Å²) in [6, 6.07) is 11.6. The average Bonchev–Trinajstić information content (AvgIpc) is 2.56. The molecule has 0 atom stereocenters. The Hall–Kier alpha value is -2.10. The van der Waals surface area contributed by atoms with Crippen LogP contribution in [0, 0.1) is 20.8 Å². The fourth-order valence-corrected chi connectivity index (χ4v) is 3.30. The summed E-state index contributed by atoms with van der Waals surface area (Å²) in [7, 11) is 0. The molecule has 0 bridgehead atoms. The van der Waals surface area contributed by atoms with Crippen molar-refractivity contribution in [1.82, 2.24) is 4.98 Å². The van der Waals surface area contributed by atoms with Crippen LogP contribution in [0.25, 0.3) is 10.9 Å². The van der Waals surface area contributed by atoms with E-state index in [1.807, 2.05) is 13.0 Å². The van der Waals surface area contributed by atoms with E-state index in [0.29, 0.717) is 15.9 Å². The largest absolute Gasteiger partial charge is 0.261 e. The predicted molar refractivity (Wildman–Crippen MR) is 108 cm³/mol. The van der Waals surface area contributed by atoms with Crippen molar-refractivity contribution < 1.29 is 0 Å². The molecule has 0 saturated carbocycles. The molecule has 0 saturated heterocycles. The topological polar surface area (TPSA) is 37.3 Å². The number of halogens is 2. The highest BCUT2D eigenvalue weighted by molar-refractivity contribution is 6.36. The van der Waals surface area contributed by atoms with Gasteiger partial charge in [0.05, 0.1) is 11.2 Å². The molecule has 1 N–H and O–H groups in total. The molecular weight excluding hydrogens is 353 g/mol. The average molecular weight is 372 g/mol. The third-order valence-corrected chi connectivity index (χ3v) is 4.68. The predicted octanol–water partition coefficient (Wildman–Crippen LogP) is 6.30. The van der Waals surface area contributed by atoms with Crippen LogP contribution in [0.4, 0.5) is 5.82 Å². The third-order valence-electron chi connectivity index (χ3n) is 4.11. The molecule has 25 heavy (non-hydrogen) atoms. The van der Waals surface area contributed by atoms with E-state index in [2.05, 4.69) is 43.4 Å². The minimum Gasteiger partial charge on any atom is -0.261 e. The minimum atomic E-state index is 0.612. The smallest absolute Gasteiger partial charge is 0.147 e. The maximum Gasteiger partial charge on any atom is 0.147 e. The summed E-state index contributed by atoms with van der Waals surface area (Å²) in [5.74, 6) is 0.703. The van der Waals surface area contributed by atoms with Gasteiger partial charge >= 0.3 is 0 Å². The Morgan fingerprint density at radius 3 is 2.52 bits per heavy atom. The van der Waals surface area contributed by atoms with Gasteiger partial charge in [0.2, 0.25) is 0 Å². The van der Waals surface area contributed by atoms with Gasteiger partial charge in [0.1, 0.15) is 5.82 Å². The van der Waals surface area contributed by atoms with E-state index in [9.17, 15) is 0 Å². The molecule has 0 aliphatic carbocycles. The van der Waals surface area contributed by atoms with Crippen LogP contribution in [0.3, 0.4) is 0 Å². The van der Waals surface area contributed by atoms with E-state index in [4.69, 9.17) is 28.2 Å². The van der Waals surface area contributed by atoms with E-state index < -0.39 is 0 Å². The van der Waals surface area contributed by atoms with Crippen molar-refractivity contribution in [1.29, 1.82) is 0 Å². The summed E-state index contributed by atoms with van der Waals surface area (Å²) in [6.07, 6.45) is 0. The molecular formula is C20H19Cl2N3. The first-order valence-corrected chi connectivity index (χ1v) is 8.75. The Balaban J connectivity index is 1.97. The number of nitrogens with one attached hydrogen (secondary N) is 1. The zero-order valence-electron chi connectivity index (χ0n) is 14.6. The number of aromatic nitrogens is 1. The van der Waals surface area contributed by atoms with Gasteiger partial charge in [0.25, 0.3) is 0 Å². The van der Waals surface area contributed by atoms with Gasteiger partial charge in [-0.1, -0.05) is 34.8 Å². The monoisotopic (exact) mass is 371 g/mol. The SMILES string of the molecule is CC(=NNc1cc(C)c2cc(C)cc(C)c2n1)c1cc(Cl)ccc1Cl. The van der Waals surface area contributed by atoms with Crippen molar-refractivity contribution in [3.05, 3.63) is 68.7 Å². The number of hydrogen-bond acceptors (Lipinski definition) is 3. The van der Waals surface area contributed by atoms with Gasteiger partial charge in [-0.3, -0.25) is 5.43 Å². The van der Waals surface area contributed by atoms with E-state index in [1.165, 1.54) is 10.9 Å². The second kappa shape index (κ2) is 7.03. The lowest BCUT2D eigenvalue weighted by molar-refractivity contribution is 1.23. The molecule has 3 rings (SSSR count). The van der Waals surface area contributed by atoms with Crippen LogP contribution in [-0.4, -0.2) is 10.7 Å². The summed E-state index contributed by atoms with van der Waals surface area (Å²) < 4.78 is 0. The molecule has 0 aliphatic rings. The molecule has 0 aliphatic heterocycles. The molecule has 2 aromatic carbocycles. The molecule has 5 heteroatoms. The molecule has 128 valence electrons. The fraction of sp³-hybridized carbons (Fsp3) is 0.200. The number of rotatable bonds is 3. The number of fused-ring (bicyclic) bond motifs is 1. The molecule has 1 heterocycles. The highest BCUT2D eigenvalue weighted by atomic mass is 35.5. The Bertz CT molecular complexity index is 994. The number of hydrazone groups is 1. The van der Waals surface area contributed by atoms with E-state index in [1.54, 1.807) is 18.2 Å². The summed E-state index contributed by atoms with van der Waals surface area (Å²) >= 11 is 12.3. The zero-order chi connectivity index (χ0) is 18.1. The van der Waals surface area contributed by atoms with Crippen LogP contribution in [0.15, 0.2) is 41.5 Å². The van der Waals surface area contributed by atoms with Crippen LogP contribution in [0.5, 0.6) is 0 Å². The number of pyridine rings is 1. The number of aryl methyl sites for hydroxylation is 3. The first-order chi connectivity index (χ1) is 11.8. The first kappa shape index (κ1) is 17.7. The lowest BCUT2D eigenvalue weighted by Crippen LogP contribution is -2.02. The molecule has 3 nitrogen and oxygen atoms in total. The van der Waals surface area contributed by atoms with Crippen LogP contribution in [0.2, 0.25) is 10.0 Å². The zero-order valence-corrected chi connectivity index (χ0v) is 16.1. The van der Waals surface area contributed by atoms with Gasteiger partial charge in [0, 0.05) is 21.0 Å². The van der Waals surface area contributed by atoms with E-state index in [-0.39, 0.29) is 0 Å². The Morgan fingerprint density at radius 2 is 1.76 bits per heavy atom. The van der Waals surface area contributed by atoms with Crippen molar-refractivity contribution in [2.75, 3.05) is 5.43 Å². The molecule has 0 spiro atoms. The second-order valence-electron chi connectivity index (χ2n) is 6.24. The van der Waals surface area contributed by atoms with Gasteiger partial charge in [-0.15, -0.1) is 0 Å². The third kappa shape index (κ3) is 3.78. The molecule has 0 amide bonds. The van der Waals surface area contributed by atoms with E-state index in [0.717, 1.165) is 27.9 Å². The number of hydrogen-bond donors (Lipinski definition) is 1. The lowest BCUT2D eigenvalue weighted by Gasteiger charge is -2.10. The highest BCUT2D eigenvalue weighted by Crippen LogP contribution is 2.25. The summed E-state index contributed by atoms with van der Waals surface area (Å²) in [5, 5.41) is 6.83. The summed E-state index contributed by atoms with van der Waals surface area (Å²) in [5.41, 5.74) is 9.12. The van der Waals surface area contributed by atoms with Gasteiger partial charge in [-0.2, -0.15) is 5.10 Å². The van der Waals surface area contributed by atoms with Crippen LogP contribution in [0.1, 0.15) is 29.2 Å². The quantitative estimate of drug-likeness (QED) is 0.433. The minimum absolute atomic E-state index is 0.612. The number of benzene rings is 2. The molecule has 3 aromatic rings. The summed E-state index contributed by atoms with van der Waals surface area (Å²) in [6.45, 7) is 8.14. The normalized spacial score (nSPS) is 11.8. The standard InChI is InChI=1S/C20H19Cl2N3/c1-11-7-13(3)20-16(8-11)12(2)9-19(23-20)25-24-14(4)17-10-15(21)5-6-18(17)22/h5-10H,1-4H3,(H,23,25). The second-order valence-corrected chi connectivity index (χ2v) is 7.08. The van der Waals surface area contributed by atoms with Crippen molar-refractivity contribution in [3.8, 4) is 0 Å². The fourth-order valence-electron chi connectivity index (χ4n) is 2.88. The van der Waals surface area contributed by atoms with Crippen molar-refractivity contribution in [2.45, 2.75) is 27.7 Å². The van der Waals surface area contributed by atoms with Crippen LogP contribution >= 0.6 is 23.2 Å². The van der Waals surface area contributed by atoms with Crippen molar-refractivity contribution in [3.63, 3.8) is 0 Å². The first-order valence-electron chi connectivity index (χ1n) is 7.99. The summed E-state index contributed by atoms with van der Waals surface area (Å²) in [4.78, 5) is 4.71. The number of anilines is 1. The van der Waals surface area contributed by atoms with E-state index >= 15 is 0 Å². The molecule has 0 radical (unpaired) electrons. The van der Waals surface area contributed by atoms with Gasteiger partial charge in [-0.05, 0) is 69.2 Å². The lowest BCUT2D eigenvalue weighted by atomic mass is 10.0. The maximum absolute atomic E-state index is 6.23. The van der Waals surface area contributed by atoms with Crippen molar-refractivity contribution >= 4 is 45.6 Å². The molecule has 0 unspecified atom stereocenters. The van der Waals surface area contributed by atoms with Gasteiger partial charge in [-0.25, -0.2) is 4.98 Å². The van der Waals surface area contributed by atoms with Gasteiger partial charge in [0.15, 0.2) is 0 Å². The van der Waals surface area contributed by atoms with Crippen molar-refractivity contribution in [2.24, 2.45) is 5.10 Å².